The third-order valence-corrected chi connectivity index (χ3v) is 1.46. The summed E-state index contributed by atoms with van der Waals surface area (Å²) in [4.78, 5) is 31.3. The Morgan fingerprint density at radius 3 is 1.93 bits per heavy atom. The number of nitrogens with two attached hydrogens (primary N) is 1. The van der Waals surface area contributed by atoms with Gasteiger partial charge in [0, 0.05) is 0 Å². The van der Waals surface area contributed by atoms with Gasteiger partial charge in [-0.05, 0) is 0 Å². The molecular weight excluding hydrogens is 212 g/mol. The number of aliphatic carboxylic acids is 2. The van der Waals surface area contributed by atoms with Crippen molar-refractivity contribution in [3.8, 4) is 0 Å². The number of hydrogen-bond donors (Lipinski definition) is 5. The lowest BCUT2D eigenvalue weighted by Gasteiger charge is -2.19. The van der Waals surface area contributed by atoms with Crippen molar-refractivity contribution < 1.29 is 35.2 Å². The quantitative estimate of drug-likeness (QED) is 0.185. The van der Waals surface area contributed by atoms with Crippen molar-refractivity contribution in [1.29, 1.82) is 0 Å². The Balaban J connectivity index is 0. The van der Waals surface area contributed by atoms with Gasteiger partial charge in [-0.1, -0.05) is 0 Å². The predicted octanol–water partition coefficient (Wildman–Crippen LogP) is -3.17. The standard InChI is InChI=1S/C6H10N2O6.H2O/c7-8-3(9)1-6(14,5(12)13)2-4(10)11;/h14H,1-2,7H2,(H,8,9)(H,10,11)(H,12,13);1H2. The smallest absolute Gasteiger partial charge is 0.336 e. The Kier molecular flexibility index (Phi) is 6.20. The average Bonchev–Trinajstić information content (AvgIpc) is 2.02. The van der Waals surface area contributed by atoms with E-state index in [4.69, 9.17) is 10.2 Å². The summed E-state index contributed by atoms with van der Waals surface area (Å²) in [7, 11) is 0. The number of hydrogen-bond acceptors (Lipinski definition) is 5. The molecule has 0 aliphatic heterocycles. The van der Waals surface area contributed by atoms with Crippen LogP contribution in [-0.2, 0) is 14.4 Å². The van der Waals surface area contributed by atoms with Crippen LogP contribution in [0.25, 0.3) is 0 Å². The van der Waals surface area contributed by atoms with Crippen LogP contribution in [0.15, 0.2) is 0 Å². The number of carboxylic acids is 2. The highest BCUT2D eigenvalue weighted by molar-refractivity contribution is 5.89. The van der Waals surface area contributed by atoms with Gasteiger partial charge >= 0.3 is 11.9 Å². The minimum absolute atomic E-state index is 0. The highest BCUT2D eigenvalue weighted by Gasteiger charge is 2.40. The third kappa shape index (κ3) is 4.90. The van der Waals surface area contributed by atoms with E-state index in [1.165, 1.54) is 0 Å². The largest absolute Gasteiger partial charge is 0.481 e. The van der Waals surface area contributed by atoms with Crippen molar-refractivity contribution in [3.05, 3.63) is 0 Å². The zero-order valence-corrected chi connectivity index (χ0v) is 7.56. The Hall–Kier alpha value is -1.71. The van der Waals surface area contributed by atoms with Crippen LogP contribution in [0.2, 0.25) is 0 Å². The van der Waals surface area contributed by atoms with E-state index in [0.717, 1.165) is 0 Å². The summed E-state index contributed by atoms with van der Waals surface area (Å²) >= 11 is 0. The molecule has 0 saturated heterocycles. The second kappa shape index (κ2) is 5.90. The first-order chi connectivity index (χ1) is 6.31. The van der Waals surface area contributed by atoms with Gasteiger partial charge in [0.25, 0.3) is 0 Å². The van der Waals surface area contributed by atoms with Crippen molar-refractivity contribution in [2.24, 2.45) is 5.84 Å². The van der Waals surface area contributed by atoms with E-state index in [1.807, 2.05) is 0 Å². The molecule has 88 valence electrons. The number of hydrazine groups is 1. The summed E-state index contributed by atoms with van der Waals surface area (Å²) < 4.78 is 0. The molecule has 0 aromatic carbocycles. The van der Waals surface area contributed by atoms with Gasteiger partial charge in [-0.3, -0.25) is 15.0 Å². The fourth-order valence-electron chi connectivity index (χ4n) is 0.781. The van der Waals surface area contributed by atoms with E-state index in [-0.39, 0.29) is 5.48 Å². The maximum atomic E-state index is 10.7. The Bertz CT molecular complexity index is 266. The van der Waals surface area contributed by atoms with Crippen molar-refractivity contribution in [2.75, 3.05) is 0 Å². The molecule has 0 radical (unpaired) electrons. The summed E-state index contributed by atoms with van der Waals surface area (Å²) in [5.74, 6) is 0.381. The number of carboxylic acid groups (broad SMARTS) is 2. The van der Waals surface area contributed by atoms with Gasteiger partial charge in [-0.15, -0.1) is 0 Å². The second-order valence-corrected chi connectivity index (χ2v) is 2.65. The van der Waals surface area contributed by atoms with E-state index in [1.54, 1.807) is 5.43 Å². The summed E-state index contributed by atoms with van der Waals surface area (Å²) in [6.07, 6.45) is -1.99. The molecule has 9 heteroatoms. The number of carbonyl (C=O) groups excluding carboxylic acids is 1. The summed E-state index contributed by atoms with van der Waals surface area (Å²) in [6, 6.07) is 0. The third-order valence-electron chi connectivity index (χ3n) is 1.46. The lowest BCUT2D eigenvalue weighted by Crippen LogP contribution is -2.46. The van der Waals surface area contributed by atoms with Crippen LogP contribution in [0.3, 0.4) is 0 Å². The van der Waals surface area contributed by atoms with Gasteiger partial charge in [-0.25, -0.2) is 10.6 Å². The minimum Gasteiger partial charge on any atom is -0.481 e. The average molecular weight is 224 g/mol. The summed E-state index contributed by atoms with van der Waals surface area (Å²) in [5, 5.41) is 26.1. The molecule has 0 heterocycles. The van der Waals surface area contributed by atoms with Crippen LogP contribution in [0.5, 0.6) is 0 Å². The molecule has 0 saturated carbocycles. The first kappa shape index (κ1) is 15.7. The number of rotatable bonds is 5. The van der Waals surface area contributed by atoms with Crippen LogP contribution < -0.4 is 11.3 Å². The molecule has 0 aromatic rings. The molecule has 1 atom stereocenters. The van der Waals surface area contributed by atoms with Gasteiger partial charge in [-0.2, -0.15) is 0 Å². The molecule has 9 nitrogen and oxygen atoms in total. The van der Waals surface area contributed by atoms with E-state index in [0.29, 0.717) is 0 Å². The number of aliphatic hydroxyl groups is 1. The molecule has 1 unspecified atom stereocenters. The molecule has 0 rings (SSSR count). The molecule has 0 bridgehead atoms. The molecule has 0 aromatic heterocycles. The monoisotopic (exact) mass is 224 g/mol. The lowest BCUT2D eigenvalue weighted by atomic mass is 9.95. The van der Waals surface area contributed by atoms with Crippen molar-refractivity contribution in [1.82, 2.24) is 5.43 Å². The van der Waals surface area contributed by atoms with Crippen molar-refractivity contribution in [2.45, 2.75) is 18.4 Å². The molecule has 1 amide bonds. The highest BCUT2D eigenvalue weighted by Crippen LogP contribution is 2.15. The molecule has 15 heavy (non-hydrogen) atoms. The Morgan fingerprint density at radius 2 is 1.67 bits per heavy atom. The van der Waals surface area contributed by atoms with Gasteiger partial charge in [0.1, 0.15) is 0 Å². The maximum absolute atomic E-state index is 10.7. The van der Waals surface area contributed by atoms with Gasteiger partial charge in [0.2, 0.25) is 5.91 Å². The summed E-state index contributed by atoms with van der Waals surface area (Å²) in [5.41, 5.74) is -1.04. The molecule has 0 aliphatic carbocycles. The topological polar surface area (TPSA) is 181 Å². The van der Waals surface area contributed by atoms with Crippen molar-refractivity contribution >= 4 is 17.8 Å². The second-order valence-electron chi connectivity index (χ2n) is 2.65. The molecule has 8 N–H and O–H groups in total. The predicted molar refractivity (Wildman–Crippen MR) is 45.4 cm³/mol. The minimum atomic E-state index is -2.63. The number of nitrogens with one attached hydrogen (secondary N) is 1. The fourth-order valence-corrected chi connectivity index (χ4v) is 0.781. The van der Waals surface area contributed by atoms with Crippen molar-refractivity contribution in [3.63, 3.8) is 0 Å². The van der Waals surface area contributed by atoms with E-state index >= 15 is 0 Å². The Labute approximate surface area is 83.8 Å². The van der Waals surface area contributed by atoms with Crippen LogP contribution in [-0.4, -0.2) is 44.2 Å². The zero-order valence-electron chi connectivity index (χ0n) is 7.56. The van der Waals surface area contributed by atoms with E-state index in [2.05, 4.69) is 5.84 Å². The van der Waals surface area contributed by atoms with Gasteiger partial charge in [0.15, 0.2) is 5.60 Å². The molecule has 0 aliphatic rings. The fraction of sp³-hybridized carbons (Fsp3) is 0.500. The summed E-state index contributed by atoms with van der Waals surface area (Å²) in [6.45, 7) is 0. The number of carbonyl (C=O) groups is 3. The first-order valence-corrected chi connectivity index (χ1v) is 3.49. The SMILES string of the molecule is NNC(=O)CC(O)(CC(=O)O)C(=O)O.O. The van der Waals surface area contributed by atoms with E-state index < -0.39 is 36.3 Å². The van der Waals surface area contributed by atoms with Crippen LogP contribution >= 0.6 is 0 Å². The molecule has 0 spiro atoms. The lowest BCUT2D eigenvalue weighted by molar-refractivity contribution is -0.167. The molecular formula is C6H12N2O7. The Morgan fingerprint density at radius 1 is 1.20 bits per heavy atom. The zero-order chi connectivity index (χ0) is 11.4. The van der Waals surface area contributed by atoms with Gasteiger partial charge in [0.05, 0.1) is 12.8 Å². The maximum Gasteiger partial charge on any atom is 0.336 e. The first-order valence-electron chi connectivity index (χ1n) is 3.49. The highest BCUT2D eigenvalue weighted by atomic mass is 16.4. The molecule has 0 fully saturated rings. The van der Waals surface area contributed by atoms with Crippen LogP contribution in [0, 0.1) is 0 Å². The van der Waals surface area contributed by atoms with E-state index in [9.17, 15) is 19.5 Å². The number of amides is 1. The van der Waals surface area contributed by atoms with Gasteiger partial charge < -0.3 is 20.8 Å². The van der Waals surface area contributed by atoms with Crippen LogP contribution in [0.4, 0.5) is 0 Å². The normalized spacial score (nSPS) is 13.2. The van der Waals surface area contributed by atoms with Crippen LogP contribution in [0.1, 0.15) is 12.8 Å².